The van der Waals surface area contributed by atoms with E-state index in [2.05, 4.69) is 5.32 Å². The van der Waals surface area contributed by atoms with Crippen molar-refractivity contribution in [3.8, 4) is 5.75 Å². The Morgan fingerprint density at radius 1 is 0.897 bits per heavy atom. The number of amides is 1. The van der Waals surface area contributed by atoms with Crippen molar-refractivity contribution < 1.29 is 26.4 Å². The first-order valence-electron chi connectivity index (χ1n) is 12.4. The minimum atomic E-state index is -4.03. The van der Waals surface area contributed by atoms with Gasteiger partial charge in [-0.3, -0.25) is 9.10 Å². The minimum Gasteiger partial charge on any atom is -0.492 e. The smallest absolute Gasteiger partial charge is 0.264 e. The number of ether oxygens (including phenoxy) is 1. The van der Waals surface area contributed by atoms with Crippen LogP contribution in [0, 0.1) is 6.92 Å². The second-order valence-corrected chi connectivity index (χ2v) is 13.3. The Morgan fingerprint density at radius 2 is 1.49 bits per heavy atom. The third kappa shape index (κ3) is 7.10. The summed E-state index contributed by atoms with van der Waals surface area (Å²) in [4.78, 5) is 13.0. The number of sulfonamides is 2. The molecule has 0 aromatic heterocycles. The van der Waals surface area contributed by atoms with Gasteiger partial charge in [0, 0.05) is 18.1 Å². The monoisotopic (exact) mass is 591 g/mol. The van der Waals surface area contributed by atoms with Crippen LogP contribution in [0.3, 0.4) is 0 Å². The molecule has 1 N–H and O–H groups in total. The summed E-state index contributed by atoms with van der Waals surface area (Å²) in [5, 5.41) is 3.11. The molecule has 3 aromatic rings. The molecule has 0 atom stereocenters. The number of carbonyl (C=O) groups is 1. The number of nitrogens with one attached hydrogen (secondary N) is 1. The maximum absolute atomic E-state index is 13.4. The predicted octanol–water partition coefficient (Wildman–Crippen LogP) is 3.82. The highest BCUT2D eigenvalue weighted by molar-refractivity contribution is 7.92. The minimum absolute atomic E-state index is 0.0642. The molecule has 12 heteroatoms. The maximum Gasteiger partial charge on any atom is 0.264 e. The van der Waals surface area contributed by atoms with Gasteiger partial charge in [0.2, 0.25) is 15.9 Å². The average molecular weight is 592 g/mol. The summed E-state index contributed by atoms with van der Waals surface area (Å²) in [6.07, 6.45) is 1.73. The molecule has 0 aliphatic carbocycles. The third-order valence-corrected chi connectivity index (χ3v) is 10.2. The van der Waals surface area contributed by atoms with Crippen molar-refractivity contribution in [3.05, 3.63) is 83.4 Å². The fraction of sp³-hybridized carbons (Fsp3) is 0.296. The molecule has 0 unspecified atom stereocenters. The summed E-state index contributed by atoms with van der Waals surface area (Å²) in [7, 11) is -7.53. The number of nitrogens with zero attached hydrogens (tertiary/aromatic N) is 2. The van der Waals surface area contributed by atoms with E-state index in [4.69, 9.17) is 16.3 Å². The lowest BCUT2D eigenvalue weighted by Crippen LogP contribution is -2.41. The Labute approximate surface area is 234 Å². The SMILES string of the molecule is Cc1ccc(S(=O)(=O)N(CC(=O)NCCOc2ccc(S(=O)(=O)N3CCCC3)cc2)c2ccc(Cl)cc2)cc1. The van der Waals surface area contributed by atoms with Crippen molar-refractivity contribution in [3.63, 3.8) is 0 Å². The van der Waals surface area contributed by atoms with Gasteiger partial charge in [-0.15, -0.1) is 0 Å². The highest BCUT2D eigenvalue weighted by Crippen LogP contribution is 2.26. The highest BCUT2D eigenvalue weighted by atomic mass is 35.5. The predicted molar refractivity (Wildman–Crippen MR) is 150 cm³/mol. The molecule has 0 saturated carbocycles. The number of halogens is 1. The molecule has 1 amide bonds. The van der Waals surface area contributed by atoms with Crippen molar-refractivity contribution >= 4 is 43.2 Å². The van der Waals surface area contributed by atoms with Crippen molar-refractivity contribution in [1.82, 2.24) is 9.62 Å². The van der Waals surface area contributed by atoms with Gasteiger partial charge in [0.1, 0.15) is 18.9 Å². The van der Waals surface area contributed by atoms with Gasteiger partial charge in [0.25, 0.3) is 10.0 Å². The molecular formula is C27H30ClN3O6S2. The fourth-order valence-electron chi connectivity index (χ4n) is 4.09. The first kappa shape index (κ1) is 28.9. The van der Waals surface area contributed by atoms with Crippen LogP contribution in [0.25, 0.3) is 0 Å². The fourth-order valence-corrected chi connectivity index (χ4v) is 7.15. The molecule has 1 aliphatic rings. The molecule has 3 aromatic carbocycles. The van der Waals surface area contributed by atoms with Crippen LogP contribution in [-0.4, -0.2) is 59.8 Å². The zero-order valence-corrected chi connectivity index (χ0v) is 23.8. The molecule has 1 aliphatic heterocycles. The summed E-state index contributed by atoms with van der Waals surface area (Å²) in [5.74, 6) is -0.0642. The second-order valence-electron chi connectivity index (χ2n) is 9.08. The molecule has 9 nitrogen and oxygen atoms in total. The van der Waals surface area contributed by atoms with E-state index >= 15 is 0 Å². The van der Waals surface area contributed by atoms with Gasteiger partial charge < -0.3 is 10.1 Å². The van der Waals surface area contributed by atoms with Crippen LogP contribution in [-0.2, 0) is 24.8 Å². The molecule has 4 rings (SSSR count). The van der Waals surface area contributed by atoms with Crippen molar-refractivity contribution in [2.24, 2.45) is 0 Å². The molecular weight excluding hydrogens is 562 g/mol. The van der Waals surface area contributed by atoms with Crippen LogP contribution in [0.4, 0.5) is 5.69 Å². The lowest BCUT2D eigenvalue weighted by molar-refractivity contribution is -0.119. The van der Waals surface area contributed by atoms with E-state index in [-0.39, 0.29) is 22.9 Å². The zero-order valence-electron chi connectivity index (χ0n) is 21.4. The van der Waals surface area contributed by atoms with Gasteiger partial charge >= 0.3 is 0 Å². The number of hydrogen-bond donors (Lipinski definition) is 1. The Kier molecular flexibility index (Phi) is 9.16. The largest absolute Gasteiger partial charge is 0.492 e. The van der Waals surface area contributed by atoms with E-state index in [1.54, 1.807) is 36.4 Å². The molecule has 0 bridgehead atoms. The second kappa shape index (κ2) is 12.4. The van der Waals surface area contributed by atoms with E-state index in [0.717, 1.165) is 22.7 Å². The zero-order chi connectivity index (χ0) is 28.0. The molecule has 39 heavy (non-hydrogen) atoms. The van der Waals surface area contributed by atoms with E-state index in [1.807, 2.05) is 6.92 Å². The van der Waals surface area contributed by atoms with Gasteiger partial charge in [-0.05, 0) is 80.4 Å². The Morgan fingerprint density at radius 3 is 2.10 bits per heavy atom. The third-order valence-electron chi connectivity index (χ3n) is 6.23. The van der Waals surface area contributed by atoms with Gasteiger partial charge in [-0.1, -0.05) is 29.3 Å². The van der Waals surface area contributed by atoms with Crippen LogP contribution in [0.1, 0.15) is 18.4 Å². The number of hydrogen-bond acceptors (Lipinski definition) is 6. The quantitative estimate of drug-likeness (QED) is 0.339. The first-order valence-corrected chi connectivity index (χ1v) is 15.7. The summed E-state index contributed by atoms with van der Waals surface area (Å²) in [6.45, 7) is 2.69. The normalized spacial score (nSPS) is 14.2. The van der Waals surface area contributed by atoms with Crippen molar-refractivity contribution in [2.45, 2.75) is 29.6 Å². The van der Waals surface area contributed by atoms with Crippen LogP contribution < -0.4 is 14.4 Å². The summed E-state index contributed by atoms with van der Waals surface area (Å²) in [5.41, 5.74) is 1.21. The number of anilines is 1. The lowest BCUT2D eigenvalue weighted by atomic mass is 10.2. The topological polar surface area (TPSA) is 113 Å². The maximum atomic E-state index is 13.4. The number of benzene rings is 3. The summed E-state index contributed by atoms with van der Waals surface area (Å²) < 4.78 is 60.2. The van der Waals surface area contributed by atoms with E-state index in [1.165, 1.54) is 40.7 Å². The number of carbonyl (C=O) groups excluding carboxylic acids is 1. The Bertz CT molecular complexity index is 1490. The van der Waals surface area contributed by atoms with E-state index < -0.39 is 32.5 Å². The molecule has 208 valence electrons. The Balaban J connectivity index is 1.35. The molecule has 1 heterocycles. The number of aryl methyl sites for hydroxylation is 1. The van der Waals surface area contributed by atoms with Gasteiger partial charge in [0.15, 0.2) is 0 Å². The van der Waals surface area contributed by atoms with Crippen molar-refractivity contribution in [2.75, 3.05) is 37.1 Å². The highest BCUT2D eigenvalue weighted by Gasteiger charge is 2.28. The van der Waals surface area contributed by atoms with E-state index in [9.17, 15) is 21.6 Å². The molecule has 0 spiro atoms. The van der Waals surface area contributed by atoms with Crippen LogP contribution in [0.15, 0.2) is 82.6 Å². The van der Waals surface area contributed by atoms with Gasteiger partial charge in [-0.2, -0.15) is 4.31 Å². The standard InChI is InChI=1S/C27H30ClN3O6S2/c1-21-4-12-26(13-5-21)39(35,36)31(23-8-6-22(28)7-9-23)20-27(32)29-16-19-37-24-10-14-25(15-11-24)38(33,34)30-17-2-3-18-30/h4-15H,2-3,16-20H2,1H3,(H,29,32). The first-order chi connectivity index (χ1) is 18.6. The summed E-state index contributed by atoms with van der Waals surface area (Å²) in [6, 6.07) is 18.7. The van der Waals surface area contributed by atoms with Crippen LogP contribution in [0.5, 0.6) is 5.75 Å². The molecule has 1 fully saturated rings. The molecule has 0 radical (unpaired) electrons. The van der Waals surface area contributed by atoms with Gasteiger partial charge in [-0.25, -0.2) is 16.8 Å². The van der Waals surface area contributed by atoms with Crippen molar-refractivity contribution in [1.29, 1.82) is 0 Å². The Hall–Kier alpha value is -3.12. The lowest BCUT2D eigenvalue weighted by Gasteiger charge is -2.24. The molecule has 1 saturated heterocycles. The summed E-state index contributed by atoms with van der Waals surface area (Å²) >= 11 is 5.97. The van der Waals surface area contributed by atoms with Crippen LogP contribution in [0.2, 0.25) is 5.02 Å². The van der Waals surface area contributed by atoms with Crippen LogP contribution >= 0.6 is 11.6 Å². The van der Waals surface area contributed by atoms with E-state index in [0.29, 0.717) is 29.5 Å². The number of rotatable bonds is 11. The average Bonchev–Trinajstić information content (AvgIpc) is 3.47. The van der Waals surface area contributed by atoms with Gasteiger partial charge in [0.05, 0.1) is 22.0 Å².